The molecule has 0 aliphatic carbocycles. The third kappa shape index (κ3) is 3.90. The Morgan fingerprint density at radius 2 is 1.82 bits per heavy atom. The quantitative estimate of drug-likeness (QED) is 0.395. The van der Waals surface area contributed by atoms with Crippen LogP contribution in [-0.2, 0) is 0 Å². The van der Waals surface area contributed by atoms with Crippen LogP contribution in [0.25, 0.3) is 38.9 Å². The van der Waals surface area contributed by atoms with E-state index < -0.39 is 0 Å². The first kappa shape index (κ1) is 20.8. The summed E-state index contributed by atoms with van der Waals surface area (Å²) in [6.45, 7) is 2.13. The number of likely N-dealkylation sites (tertiary alicyclic amines) is 1. The van der Waals surface area contributed by atoms with E-state index in [0.29, 0.717) is 5.59 Å². The molecule has 1 aromatic carbocycles. The van der Waals surface area contributed by atoms with Crippen molar-refractivity contribution in [3.8, 4) is 28.1 Å². The molecule has 8 heteroatoms. The van der Waals surface area contributed by atoms with Gasteiger partial charge in [0.05, 0.1) is 23.6 Å². The van der Waals surface area contributed by atoms with Gasteiger partial charge in [0.15, 0.2) is 5.65 Å². The lowest BCUT2D eigenvalue weighted by Gasteiger charge is -2.29. The number of hydrogen-bond donors (Lipinski definition) is 0. The lowest BCUT2D eigenvalue weighted by atomic mass is 9.99. The second-order valence-corrected chi connectivity index (χ2v) is 8.78. The summed E-state index contributed by atoms with van der Waals surface area (Å²) in [5, 5.41) is 5.57. The van der Waals surface area contributed by atoms with Gasteiger partial charge in [-0.2, -0.15) is 5.10 Å². The van der Waals surface area contributed by atoms with Gasteiger partial charge < -0.3 is 9.64 Å². The highest BCUT2D eigenvalue weighted by Crippen LogP contribution is 2.30. The first-order chi connectivity index (χ1) is 16.6. The molecule has 1 fully saturated rings. The smallest absolute Gasteiger partial charge is 0.162 e. The minimum Gasteiger partial charge on any atom is -0.489 e. The highest BCUT2D eigenvalue weighted by molar-refractivity contribution is 6.31. The van der Waals surface area contributed by atoms with Crippen molar-refractivity contribution in [1.29, 1.82) is 0 Å². The second kappa shape index (κ2) is 8.54. The van der Waals surface area contributed by atoms with Crippen molar-refractivity contribution in [1.82, 2.24) is 29.5 Å². The van der Waals surface area contributed by atoms with Crippen molar-refractivity contribution in [3.05, 3.63) is 67.3 Å². The van der Waals surface area contributed by atoms with Gasteiger partial charge in [0.2, 0.25) is 0 Å². The lowest BCUT2D eigenvalue weighted by molar-refractivity contribution is 0.114. The molecular weight excluding hydrogens is 423 g/mol. The van der Waals surface area contributed by atoms with E-state index in [1.54, 1.807) is 10.7 Å². The first-order valence-corrected chi connectivity index (χ1v) is 11.4. The van der Waals surface area contributed by atoms with Gasteiger partial charge in [0.1, 0.15) is 19.7 Å². The van der Waals surface area contributed by atoms with Gasteiger partial charge in [-0.1, -0.05) is 24.3 Å². The van der Waals surface area contributed by atoms with E-state index in [0.717, 1.165) is 70.6 Å². The summed E-state index contributed by atoms with van der Waals surface area (Å²) in [5.74, 6) is 0.805. The number of pyridine rings is 2. The van der Waals surface area contributed by atoms with Crippen molar-refractivity contribution in [2.45, 2.75) is 18.9 Å². The molecule has 0 amide bonds. The van der Waals surface area contributed by atoms with E-state index >= 15 is 0 Å². The maximum atomic E-state index is 6.12. The SMILES string of the molecule is [B]c1ccc2c(-c3cnn4cc(-c5ccc(OC6CCN(C)CC6)cn5)cnc34)cccc2n1. The number of rotatable bonds is 4. The molecule has 7 nitrogen and oxygen atoms in total. The van der Waals surface area contributed by atoms with Crippen molar-refractivity contribution < 1.29 is 4.74 Å². The Bertz CT molecular complexity index is 1470. The highest BCUT2D eigenvalue weighted by atomic mass is 16.5. The molecule has 5 aromatic rings. The molecule has 0 spiro atoms. The number of ether oxygens (including phenoxy) is 1. The summed E-state index contributed by atoms with van der Waals surface area (Å²) in [6.07, 6.45) is 9.76. The molecule has 0 bridgehead atoms. The molecule has 0 saturated carbocycles. The Morgan fingerprint density at radius 1 is 0.941 bits per heavy atom. The van der Waals surface area contributed by atoms with Gasteiger partial charge >= 0.3 is 0 Å². The van der Waals surface area contributed by atoms with Crippen molar-refractivity contribution in [2.24, 2.45) is 0 Å². The maximum absolute atomic E-state index is 6.12. The van der Waals surface area contributed by atoms with Crippen molar-refractivity contribution >= 4 is 30.0 Å². The van der Waals surface area contributed by atoms with Gasteiger partial charge in [-0.25, -0.2) is 9.50 Å². The lowest BCUT2D eigenvalue weighted by Crippen LogP contribution is -2.35. The van der Waals surface area contributed by atoms with E-state index in [4.69, 9.17) is 17.6 Å². The predicted molar refractivity (Wildman–Crippen MR) is 133 cm³/mol. The van der Waals surface area contributed by atoms with Crippen LogP contribution in [0.5, 0.6) is 5.75 Å². The average Bonchev–Trinajstić information content (AvgIpc) is 3.28. The summed E-state index contributed by atoms with van der Waals surface area (Å²) in [5.41, 5.74) is 5.80. The third-order valence-corrected chi connectivity index (χ3v) is 6.40. The van der Waals surface area contributed by atoms with Gasteiger partial charge in [-0.15, -0.1) is 0 Å². The topological polar surface area (TPSA) is 68.4 Å². The van der Waals surface area contributed by atoms with E-state index in [1.807, 2.05) is 55.0 Å². The van der Waals surface area contributed by atoms with Crippen LogP contribution in [0, 0.1) is 0 Å². The van der Waals surface area contributed by atoms with Crippen molar-refractivity contribution in [3.63, 3.8) is 0 Å². The van der Waals surface area contributed by atoms with Crippen LogP contribution in [-0.4, -0.2) is 63.6 Å². The molecule has 34 heavy (non-hydrogen) atoms. The largest absolute Gasteiger partial charge is 0.489 e. The van der Waals surface area contributed by atoms with Crippen LogP contribution < -0.4 is 10.3 Å². The second-order valence-electron chi connectivity index (χ2n) is 8.78. The minimum atomic E-state index is 0.255. The Morgan fingerprint density at radius 3 is 2.65 bits per heavy atom. The molecule has 1 aliphatic rings. The molecule has 0 N–H and O–H groups in total. The molecule has 1 saturated heterocycles. The van der Waals surface area contributed by atoms with Gasteiger partial charge in [0.25, 0.3) is 0 Å². The van der Waals surface area contributed by atoms with Crippen molar-refractivity contribution in [2.75, 3.05) is 20.1 Å². The molecule has 0 atom stereocenters. The van der Waals surface area contributed by atoms with E-state index in [-0.39, 0.29) is 6.10 Å². The first-order valence-electron chi connectivity index (χ1n) is 11.4. The standard InChI is InChI=1S/C26H23BN6O/c1-32-11-9-18(10-12-32)34-19-5-7-23(28-14-19)17-13-29-26-22(15-30-33(26)16-17)20-3-2-4-24-21(20)6-8-25(27)31-24/h2-8,13-16,18H,9-12H2,1H3. The van der Waals surface area contributed by atoms with E-state index in [1.165, 1.54) is 0 Å². The molecule has 0 unspecified atom stereocenters. The summed E-state index contributed by atoms with van der Waals surface area (Å²) in [6, 6.07) is 13.7. The van der Waals surface area contributed by atoms with Crippen LogP contribution >= 0.6 is 0 Å². The fraction of sp³-hybridized carbons (Fsp3) is 0.231. The van der Waals surface area contributed by atoms with E-state index in [9.17, 15) is 0 Å². The zero-order valence-electron chi connectivity index (χ0n) is 18.9. The fourth-order valence-electron chi connectivity index (χ4n) is 4.52. The number of benzene rings is 1. The van der Waals surface area contributed by atoms with E-state index in [2.05, 4.69) is 33.1 Å². The highest BCUT2D eigenvalue weighted by Gasteiger charge is 2.18. The minimum absolute atomic E-state index is 0.255. The Hall–Kier alpha value is -3.78. The van der Waals surface area contributed by atoms with Gasteiger partial charge in [-0.3, -0.25) is 9.97 Å². The Labute approximate surface area is 198 Å². The van der Waals surface area contributed by atoms with Crippen LogP contribution in [0.4, 0.5) is 0 Å². The molecular formula is C26H23BN6O. The van der Waals surface area contributed by atoms with Crippen LogP contribution in [0.3, 0.4) is 0 Å². The fourth-order valence-corrected chi connectivity index (χ4v) is 4.52. The van der Waals surface area contributed by atoms with Crippen LogP contribution in [0.2, 0.25) is 0 Å². The monoisotopic (exact) mass is 446 g/mol. The molecule has 4 aromatic heterocycles. The van der Waals surface area contributed by atoms with Crippen LogP contribution in [0.15, 0.2) is 67.3 Å². The summed E-state index contributed by atoms with van der Waals surface area (Å²) >= 11 is 0. The molecule has 6 rings (SSSR count). The predicted octanol–water partition coefficient (Wildman–Crippen LogP) is 3.27. The van der Waals surface area contributed by atoms with Gasteiger partial charge in [0, 0.05) is 42.0 Å². The summed E-state index contributed by atoms with van der Waals surface area (Å²) in [7, 11) is 8.01. The summed E-state index contributed by atoms with van der Waals surface area (Å²) in [4.78, 5) is 16.1. The maximum Gasteiger partial charge on any atom is 0.162 e. The number of hydrogen-bond acceptors (Lipinski definition) is 6. The summed E-state index contributed by atoms with van der Waals surface area (Å²) < 4.78 is 7.91. The Kier molecular flexibility index (Phi) is 5.22. The zero-order valence-corrected chi connectivity index (χ0v) is 18.9. The van der Waals surface area contributed by atoms with Gasteiger partial charge in [-0.05, 0) is 49.2 Å². The third-order valence-electron chi connectivity index (χ3n) is 6.40. The normalized spacial score (nSPS) is 15.2. The molecule has 166 valence electrons. The molecule has 1 aliphatic heterocycles. The zero-order chi connectivity index (χ0) is 23.1. The molecule has 2 radical (unpaired) electrons. The number of fused-ring (bicyclic) bond motifs is 2. The number of nitrogens with zero attached hydrogens (tertiary/aromatic N) is 6. The number of piperidine rings is 1. The average molecular weight is 446 g/mol. The van der Waals surface area contributed by atoms with Crippen LogP contribution in [0.1, 0.15) is 12.8 Å². The Balaban J connectivity index is 1.27. The molecule has 5 heterocycles. The number of aromatic nitrogens is 5.